The molecule has 1 heterocycles. The third-order valence-corrected chi connectivity index (χ3v) is 4.10. The molecule has 1 aromatic heterocycles. The van der Waals surface area contributed by atoms with Crippen LogP contribution in [0.25, 0.3) is 10.8 Å². The van der Waals surface area contributed by atoms with Gasteiger partial charge in [-0.15, -0.1) is 0 Å². The predicted octanol–water partition coefficient (Wildman–Crippen LogP) is 3.27. The molecule has 1 aromatic carbocycles. The van der Waals surface area contributed by atoms with Crippen molar-refractivity contribution in [3.8, 4) is 0 Å². The molecule has 1 fully saturated rings. The number of rotatable bonds is 4. The van der Waals surface area contributed by atoms with Crippen LogP contribution >= 0.6 is 15.9 Å². The second kappa shape index (κ2) is 4.81. The first-order valence-corrected chi connectivity index (χ1v) is 6.98. The molecule has 1 aliphatic carbocycles. The molecular weight excluding hydrogens is 308 g/mol. The molecule has 1 atom stereocenters. The van der Waals surface area contributed by atoms with Crippen molar-refractivity contribution >= 4 is 38.5 Å². The number of hydrogen-bond donors (Lipinski definition) is 2. The number of fused-ring (bicyclic) bond motifs is 1. The highest BCUT2D eigenvalue weighted by molar-refractivity contribution is 9.10. The van der Waals surface area contributed by atoms with Crippen molar-refractivity contribution in [1.29, 1.82) is 0 Å². The number of carbonyl (C=O) groups is 1. The van der Waals surface area contributed by atoms with Crippen LogP contribution in [0.5, 0.6) is 0 Å². The SMILES string of the molecule is O=C(O)C(Nc1nccc2c(Br)cccc12)C1CC1. The van der Waals surface area contributed by atoms with E-state index >= 15 is 0 Å². The number of benzene rings is 1. The molecule has 0 spiro atoms. The predicted molar refractivity (Wildman–Crippen MR) is 77.2 cm³/mol. The van der Waals surface area contributed by atoms with Crippen molar-refractivity contribution in [2.45, 2.75) is 18.9 Å². The maximum absolute atomic E-state index is 11.3. The minimum absolute atomic E-state index is 0.224. The van der Waals surface area contributed by atoms with Crippen molar-refractivity contribution in [3.63, 3.8) is 0 Å². The summed E-state index contributed by atoms with van der Waals surface area (Å²) in [7, 11) is 0. The highest BCUT2D eigenvalue weighted by Gasteiger charge is 2.36. The van der Waals surface area contributed by atoms with E-state index in [0.717, 1.165) is 28.1 Å². The lowest BCUT2D eigenvalue weighted by atomic mass is 10.1. The van der Waals surface area contributed by atoms with Crippen LogP contribution in [0.2, 0.25) is 0 Å². The number of carboxylic acid groups (broad SMARTS) is 1. The van der Waals surface area contributed by atoms with E-state index < -0.39 is 12.0 Å². The zero-order valence-corrected chi connectivity index (χ0v) is 11.7. The van der Waals surface area contributed by atoms with Crippen LogP contribution in [-0.4, -0.2) is 22.1 Å². The van der Waals surface area contributed by atoms with Gasteiger partial charge in [-0.3, -0.25) is 0 Å². The highest BCUT2D eigenvalue weighted by Crippen LogP contribution is 2.35. The van der Waals surface area contributed by atoms with Gasteiger partial charge >= 0.3 is 5.97 Å². The fourth-order valence-corrected chi connectivity index (χ4v) is 2.74. The van der Waals surface area contributed by atoms with E-state index in [-0.39, 0.29) is 5.92 Å². The van der Waals surface area contributed by atoms with E-state index in [1.165, 1.54) is 0 Å². The molecule has 2 N–H and O–H groups in total. The fourth-order valence-electron chi connectivity index (χ4n) is 2.24. The highest BCUT2D eigenvalue weighted by atomic mass is 79.9. The fraction of sp³-hybridized carbons (Fsp3) is 0.286. The van der Waals surface area contributed by atoms with Crippen LogP contribution in [0, 0.1) is 5.92 Å². The summed E-state index contributed by atoms with van der Waals surface area (Å²) >= 11 is 3.50. The summed E-state index contributed by atoms with van der Waals surface area (Å²) in [6.07, 6.45) is 3.64. The number of carboxylic acids is 1. The lowest BCUT2D eigenvalue weighted by molar-refractivity contribution is -0.138. The second-order valence-electron chi connectivity index (χ2n) is 4.79. The summed E-state index contributed by atoms with van der Waals surface area (Å²) in [5.74, 6) is 0.0520. The van der Waals surface area contributed by atoms with Crippen LogP contribution < -0.4 is 5.32 Å². The minimum atomic E-state index is -0.809. The van der Waals surface area contributed by atoms with E-state index in [9.17, 15) is 9.90 Å². The van der Waals surface area contributed by atoms with Gasteiger partial charge in [0.15, 0.2) is 0 Å². The zero-order valence-electron chi connectivity index (χ0n) is 10.1. The van der Waals surface area contributed by atoms with Gasteiger partial charge in [-0.05, 0) is 30.9 Å². The van der Waals surface area contributed by atoms with Crippen LogP contribution in [0.4, 0.5) is 5.82 Å². The number of anilines is 1. The molecule has 3 rings (SSSR count). The quantitative estimate of drug-likeness (QED) is 0.907. The Bertz CT molecular complexity index is 640. The maximum atomic E-state index is 11.3. The van der Waals surface area contributed by atoms with Crippen LogP contribution in [-0.2, 0) is 4.79 Å². The molecule has 1 unspecified atom stereocenters. The van der Waals surface area contributed by atoms with E-state index in [2.05, 4.69) is 26.2 Å². The van der Waals surface area contributed by atoms with Gasteiger partial charge in [0, 0.05) is 21.4 Å². The van der Waals surface area contributed by atoms with Gasteiger partial charge in [0.25, 0.3) is 0 Å². The topological polar surface area (TPSA) is 62.2 Å². The summed E-state index contributed by atoms with van der Waals surface area (Å²) in [6.45, 7) is 0. The maximum Gasteiger partial charge on any atom is 0.326 e. The number of aliphatic carboxylic acids is 1. The summed E-state index contributed by atoms with van der Waals surface area (Å²) in [4.78, 5) is 15.6. The first-order valence-electron chi connectivity index (χ1n) is 6.19. The number of halogens is 1. The Kier molecular flexibility index (Phi) is 3.14. The number of nitrogens with one attached hydrogen (secondary N) is 1. The number of nitrogens with zero attached hydrogens (tertiary/aromatic N) is 1. The van der Waals surface area contributed by atoms with Gasteiger partial charge in [0.05, 0.1) is 0 Å². The summed E-state index contributed by atoms with van der Waals surface area (Å²) in [5, 5.41) is 14.3. The Morgan fingerprint density at radius 1 is 1.37 bits per heavy atom. The molecule has 0 saturated heterocycles. The van der Waals surface area contributed by atoms with Crippen LogP contribution in [0.15, 0.2) is 34.9 Å². The molecule has 2 aromatic rings. The molecule has 1 saturated carbocycles. The van der Waals surface area contributed by atoms with Crippen molar-refractivity contribution in [3.05, 3.63) is 34.9 Å². The van der Waals surface area contributed by atoms with Crippen molar-refractivity contribution in [2.24, 2.45) is 5.92 Å². The Balaban J connectivity index is 2.00. The largest absolute Gasteiger partial charge is 0.480 e. The van der Waals surface area contributed by atoms with E-state index in [0.29, 0.717) is 5.82 Å². The average Bonchev–Trinajstić information content (AvgIpc) is 3.20. The third-order valence-electron chi connectivity index (χ3n) is 3.40. The Morgan fingerprint density at radius 3 is 2.84 bits per heavy atom. The first-order chi connectivity index (χ1) is 9.16. The lowest BCUT2D eigenvalue weighted by Crippen LogP contribution is -2.31. The summed E-state index contributed by atoms with van der Waals surface area (Å²) < 4.78 is 0.980. The third kappa shape index (κ3) is 2.42. The molecular formula is C14H13BrN2O2. The van der Waals surface area contributed by atoms with Gasteiger partial charge in [0.2, 0.25) is 0 Å². The lowest BCUT2D eigenvalue weighted by Gasteiger charge is -2.16. The zero-order chi connectivity index (χ0) is 13.4. The van der Waals surface area contributed by atoms with Gasteiger partial charge in [-0.1, -0.05) is 28.1 Å². The van der Waals surface area contributed by atoms with Crippen molar-refractivity contribution < 1.29 is 9.90 Å². The average molecular weight is 321 g/mol. The molecule has 5 heteroatoms. The number of pyridine rings is 1. The molecule has 0 radical (unpaired) electrons. The van der Waals surface area contributed by atoms with Crippen molar-refractivity contribution in [2.75, 3.05) is 5.32 Å². The molecule has 1 aliphatic rings. The van der Waals surface area contributed by atoms with E-state index in [1.807, 2.05) is 24.3 Å². The molecule has 98 valence electrons. The summed E-state index contributed by atoms with van der Waals surface area (Å²) in [6, 6.07) is 7.20. The van der Waals surface area contributed by atoms with Gasteiger partial charge in [0.1, 0.15) is 11.9 Å². The van der Waals surface area contributed by atoms with E-state index in [4.69, 9.17) is 0 Å². The normalized spacial score (nSPS) is 16.3. The number of hydrogen-bond acceptors (Lipinski definition) is 3. The van der Waals surface area contributed by atoms with Gasteiger partial charge in [-0.25, -0.2) is 9.78 Å². The Labute approximate surface area is 119 Å². The number of aromatic nitrogens is 1. The van der Waals surface area contributed by atoms with Gasteiger partial charge < -0.3 is 10.4 Å². The van der Waals surface area contributed by atoms with Crippen LogP contribution in [0.1, 0.15) is 12.8 Å². The van der Waals surface area contributed by atoms with Crippen molar-refractivity contribution in [1.82, 2.24) is 4.98 Å². The monoisotopic (exact) mass is 320 g/mol. The van der Waals surface area contributed by atoms with Gasteiger partial charge in [-0.2, -0.15) is 0 Å². The Hall–Kier alpha value is -1.62. The Morgan fingerprint density at radius 2 is 2.16 bits per heavy atom. The summed E-state index contributed by atoms with van der Waals surface area (Å²) in [5.41, 5.74) is 0. The van der Waals surface area contributed by atoms with Crippen LogP contribution in [0.3, 0.4) is 0 Å². The second-order valence-corrected chi connectivity index (χ2v) is 5.65. The molecule has 4 nitrogen and oxygen atoms in total. The molecule has 19 heavy (non-hydrogen) atoms. The molecule has 0 aliphatic heterocycles. The standard InChI is InChI=1S/C14H13BrN2O2/c15-11-3-1-2-10-9(11)6-7-16-13(10)17-12(14(18)19)8-4-5-8/h1-3,6-8,12H,4-5H2,(H,16,17)(H,18,19). The first kappa shape index (κ1) is 12.4. The minimum Gasteiger partial charge on any atom is -0.480 e. The molecule has 0 amide bonds. The van der Waals surface area contributed by atoms with E-state index in [1.54, 1.807) is 6.20 Å². The molecule has 0 bridgehead atoms. The smallest absolute Gasteiger partial charge is 0.326 e.